The molecule has 1 unspecified atom stereocenters. The van der Waals surface area contributed by atoms with Crippen molar-refractivity contribution in [3.8, 4) is 0 Å². The zero-order valence-electron chi connectivity index (χ0n) is 19.0. The van der Waals surface area contributed by atoms with Crippen molar-refractivity contribution < 1.29 is 18.7 Å². The first kappa shape index (κ1) is 23.0. The third-order valence-electron chi connectivity index (χ3n) is 6.87. The van der Waals surface area contributed by atoms with Gasteiger partial charge in [-0.05, 0) is 50.3 Å². The maximum atomic E-state index is 13.5. The fraction of sp³-hybridized carbons (Fsp3) is 0.667. The fourth-order valence-electron chi connectivity index (χ4n) is 4.87. The molecule has 0 saturated carbocycles. The van der Waals surface area contributed by atoms with Crippen LogP contribution in [0.1, 0.15) is 38.2 Å². The van der Waals surface area contributed by atoms with Gasteiger partial charge in [-0.25, -0.2) is 4.39 Å². The molecule has 176 valence electrons. The number of nitrogens with zero attached hydrogens (tertiary/aromatic N) is 3. The molecule has 32 heavy (non-hydrogen) atoms. The maximum absolute atomic E-state index is 13.5. The lowest BCUT2D eigenvalue weighted by Gasteiger charge is -2.39. The Morgan fingerprint density at radius 2 is 1.81 bits per heavy atom. The summed E-state index contributed by atoms with van der Waals surface area (Å²) in [5, 5.41) is 3.43. The first-order valence-electron chi connectivity index (χ1n) is 11.9. The molecule has 0 radical (unpaired) electrons. The van der Waals surface area contributed by atoms with Crippen LogP contribution in [0.25, 0.3) is 0 Å². The van der Waals surface area contributed by atoms with E-state index in [-0.39, 0.29) is 23.2 Å². The molecule has 3 aliphatic rings. The molecule has 1 aromatic carbocycles. The van der Waals surface area contributed by atoms with Gasteiger partial charge in [0.1, 0.15) is 11.9 Å². The molecular formula is C24H35FN4O3. The summed E-state index contributed by atoms with van der Waals surface area (Å²) in [6.45, 7) is 8.39. The number of nitrogens with one attached hydrogen (secondary N) is 1. The fourth-order valence-corrected chi connectivity index (χ4v) is 4.87. The summed E-state index contributed by atoms with van der Waals surface area (Å²) < 4.78 is 24.7. The second-order valence-corrected chi connectivity index (χ2v) is 8.88. The smallest absolute Gasteiger partial charge is 0.251 e. The molecule has 1 aromatic rings. The van der Waals surface area contributed by atoms with Gasteiger partial charge in [-0.15, -0.1) is 0 Å². The molecular weight excluding hydrogens is 411 g/mol. The summed E-state index contributed by atoms with van der Waals surface area (Å²) in [5.74, 6) is 0.787. The number of guanidine groups is 1. The molecule has 3 saturated heterocycles. The minimum atomic E-state index is -0.257. The number of carbonyl (C=O) groups is 1. The van der Waals surface area contributed by atoms with E-state index in [9.17, 15) is 9.18 Å². The summed E-state index contributed by atoms with van der Waals surface area (Å²) in [7, 11) is 0. The summed E-state index contributed by atoms with van der Waals surface area (Å²) in [4.78, 5) is 21.9. The van der Waals surface area contributed by atoms with E-state index >= 15 is 0 Å². The first-order chi connectivity index (χ1) is 15.6. The van der Waals surface area contributed by atoms with E-state index in [1.165, 1.54) is 12.1 Å². The largest absolute Gasteiger partial charge is 0.381 e. The Kier molecular flexibility index (Phi) is 7.63. The van der Waals surface area contributed by atoms with Gasteiger partial charge in [0.2, 0.25) is 0 Å². The van der Waals surface area contributed by atoms with Crippen LogP contribution in [0.5, 0.6) is 0 Å². The number of piperazine rings is 1. The lowest BCUT2D eigenvalue weighted by molar-refractivity contribution is -0.142. The lowest BCUT2D eigenvalue weighted by Crippen LogP contribution is -2.55. The second-order valence-electron chi connectivity index (χ2n) is 8.88. The standard InChI is InChI=1S/C24H35FN4O3/c1-2-26-23(29-13-11-28(12-14-29)22(30)21-4-3-15-32-21)27-18-24(9-16-31-17-10-24)19-5-7-20(25)8-6-19/h5-8,21H,2-4,9-18H2,1H3,(H,26,27). The molecule has 3 heterocycles. The summed E-state index contributed by atoms with van der Waals surface area (Å²) in [6.07, 6.45) is 3.27. The minimum absolute atomic E-state index is 0.126. The molecule has 3 aliphatic heterocycles. The number of benzene rings is 1. The van der Waals surface area contributed by atoms with Crippen molar-refractivity contribution in [2.45, 2.75) is 44.1 Å². The van der Waals surface area contributed by atoms with E-state index < -0.39 is 0 Å². The van der Waals surface area contributed by atoms with Crippen LogP contribution in [0.2, 0.25) is 0 Å². The van der Waals surface area contributed by atoms with Gasteiger partial charge in [-0.3, -0.25) is 9.79 Å². The second kappa shape index (κ2) is 10.6. The van der Waals surface area contributed by atoms with Crippen molar-refractivity contribution in [2.75, 3.05) is 59.1 Å². The van der Waals surface area contributed by atoms with Gasteiger partial charge < -0.3 is 24.6 Å². The minimum Gasteiger partial charge on any atom is -0.381 e. The molecule has 1 N–H and O–H groups in total. The Bertz CT molecular complexity index is 781. The van der Waals surface area contributed by atoms with Crippen LogP contribution in [0.4, 0.5) is 4.39 Å². The SMILES string of the molecule is CCNC(=NCC1(c2ccc(F)cc2)CCOCC1)N1CCN(C(=O)C2CCCO2)CC1. The average Bonchev–Trinajstić information content (AvgIpc) is 3.37. The van der Waals surface area contributed by atoms with Crippen LogP contribution in [0, 0.1) is 5.82 Å². The molecule has 0 bridgehead atoms. The highest BCUT2D eigenvalue weighted by atomic mass is 19.1. The van der Waals surface area contributed by atoms with E-state index in [1.807, 2.05) is 17.0 Å². The lowest BCUT2D eigenvalue weighted by atomic mass is 9.74. The van der Waals surface area contributed by atoms with Crippen LogP contribution < -0.4 is 5.32 Å². The number of amides is 1. The summed E-state index contributed by atoms with van der Waals surface area (Å²) >= 11 is 0. The predicted molar refractivity (Wildman–Crippen MR) is 121 cm³/mol. The molecule has 7 nitrogen and oxygen atoms in total. The molecule has 1 atom stereocenters. The van der Waals surface area contributed by atoms with Crippen LogP contribution in [-0.2, 0) is 19.7 Å². The van der Waals surface area contributed by atoms with Crippen molar-refractivity contribution in [1.82, 2.24) is 15.1 Å². The van der Waals surface area contributed by atoms with Crippen molar-refractivity contribution in [3.63, 3.8) is 0 Å². The Morgan fingerprint density at radius 3 is 2.44 bits per heavy atom. The zero-order chi connectivity index (χ0) is 22.4. The Morgan fingerprint density at radius 1 is 1.12 bits per heavy atom. The highest BCUT2D eigenvalue weighted by Crippen LogP contribution is 2.35. The monoisotopic (exact) mass is 446 g/mol. The highest BCUT2D eigenvalue weighted by Gasteiger charge is 2.35. The highest BCUT2D eigenvalue weighted by molar-refractivity contribution is 5.83. The number of carbonyl (C=O) groups excluding carboxylic acids is 1. The number of aliphatic imine (C=N–C) groups is 1. The maximum Gasteiger partial charge on any atom is 0.251 e. The Hall–Kier alpha value is -2.19. The molecule has 3 fully saturated rings. The van der Waals surface area contributed by atoms with E-state index in [4.69, 9.17) is 14.5 Å². The van der Waals surface area contributed by atoms with Gasteiger partial charge in [0.15, 0.2) is 5.96 Å². The van der Waals surface area contributed by atoms with Crippen molar-refractivity contribution >= 4 is 11.9 Å². The molecule has 0 aliphatic carbocycles. The van der Waals surface area contributed by atoms with Gasteiger partial charge in [0, 0.05) is 58.0 Å². The van der Waals surface area contributed by atoms with Gasteiger partial charge in [-0.1, -0.05) is 12.1 Å². The number of ether oxygens (including phenoxy) is 2. The third-order valence-corrected chi connectivity index (χ3v) is 6.87. The molecule has 0 aromatic heterocycles. The van der Waals surface area contributed by atoms with Gasteiger partial charge in [-0.2, -0.15) is 0 Å². The van der Waals surface area contributed by atoms with Gasteiger partial charge in [0.05, 0.1) is 6.54 Å². The van der Waals surface area contributed by atoms with Gasteiger partial charge in [0.25, 0.3) is 5.91 Å². The van der Waals surface area contributed by atoms with E-state index in [2.05, 4.69) is 17.1 Å². The van der Waals surface area contributed by atoms with Crippen molar-refractivity contribution in [1.29, 1.82) is 0 Å². The summed E-state index contributed by atoms with van der Waals surface area (Å²) in [6, 6.07) is 6.84. The van der Waals surface area contributed by atoms with Crippen molar-refractivity contribution in [2.24, 2.45) is 4.99 Å². The predicted octanol–water partition coefficient (Wildman–Crippen LogP) is 2.16. The zero-order valence-corrected chi connectivity index (χ0v) is 19.0. The molecule has 4 rings (SSSR count). The Labute approximate surface area is 190 Å². The van der Waals surface area contributed by atoms with Crippen LogP contribution in [0.15, 0.2) is 29.3 Å². The number of halogens is 1. The number of rotatable bonds is 5. The first-order valence-corrected chi connectivity index (χ1v) is 11.9. The van der Waals surface area contributed by atoms with Crippen LogP contribution >= 0.6 is 0 Å². The quantitative estimate of drug-likeness (QED) is 0.555. The van der Waals surface area contributed by atoms with Crippen LogP contribution in [0.3, 0.4) is 0 Å². The van der Waals surface area contributed by atoms with Crippen molar-refractivity contribution in [3.05, 3.63) is 35.6 Å². The Balaban J connectivity index is 1.43. The van der Waals surface area contributed by atoms with Gasteiger partial charge >= 0.3 is 0 Å². The van der Waals surface area contributed by atoms with E-state index in [0.29, 0.717) is 39.5 Å². The third kappa shape index (κ3) is 5.23. The number of hydrogen-bond acceptors (Lipinski definition) is 4. The topological polar surface area (TPSA) is 66.4 Å². The molecule has 8 heteroatoms. The van der Waals surface area contributed by atoms with E-state index in [1.54, 1.807) is 0 Å². The molecule has 1 amide bonds. The average molecular weight is 447 g/mol. The summed E-state index contributed by atoms with van der Waals surface area (Å²) in [5.41, 5.74) is 0.971. The van der Waals surface area contributed by atoms with E-state index in [0.717, 1.165) is 56.8 Å². The number of hydrogen-bond donors (Lipinski definition) is 1. The normalized spacial score (nSPS) is 23.9. The molecule has 0 spiro atoms. The van der Waals surface area contributed by atoms with Crippen LogP contribution in [-0.4, -0.2) is 86.9 Å².